The third-order valence-electron chi connectivity index (χ3n) is 5.17. The number of nitrogens with zero attached hydrogens (tertiary/aromatic N) is 1. The predicted octanol–water partition coefficient (Wildman–Crippen LogP) is 2.50. The van der Waals surface area contributed by atoms with E-state index in [1.54, 1.807) is 0 Å². The number of hydrogen-bond donors (Lipinski definition) is 4. The third-order valence-corrected chi connectivity index (χ3v) is 5.17. The van der Waals surface area contributed by atoms with Crippen molar-refractivity contribution >= 4 is 5.82 Å². The molecule has 1 aliphatic rings. The standard InChI is InChI=1S/C21H28F3N5/c1-14-8-18(29-20(25)9-14)10-16-12-27-13-19(16)28-7-6-26-11-15-2-4-17(5-3-15)21(22,23)24/h2-5,8-9,16,19,26-28H,6-7,10-13H2,1H3,(H2,25,29)/t16-,19+/m0/s1. The van der Waals surface area contributed by atoms with E-state index in [2.05, 4.69) is 27.0 Å². The summed E-state index contributed by atoms with van der Waals surface area (Å²) in [6.45, 7) is 5.93. The van der Waals surface area contributed by atoms with Crippen molar-refractivity contribution in [3.8, 4) is 0 Å². The molecule has 158 valence electrons. The Labute approximate surface area is 169 Å². The zero-order valence-electron chi connectivity index (χ0n) is 16.5. The summed E-state index contributed by atoms with van der Waals surface area (Å²) >= 11 is 0. The Kier molecular flexibility index (Phi) is 7.10. The Morgan fingerprint density at radius 1 is 1.14 bits per heavy atom. The second kappa shape index (κ2) is 9.56. The van der Waals surface area contributed by atoms with E-state index in [9.17, 15) is 13.2 Å². The van der Waals surface area contributed by atoms with Crippen molar-refractivity contribution in [2.24, 2.45) is 5.92 Å². The Morgan fingerprint density at radius 2 is 1.90 bits per heavy atom. The number of pyridine rings is 1. The van der Waals surface area contributed by atoms with Gasteiger partial charge >= 0.3 is 6.18 Å². The van der Waals surface area contributed by atoms with Crippen molar-refractivity contribution in [2.45, 2.75) is 32.1 Å². The summed E-state index contributed by atoms with van der Waals surface area (Å²) in [5, 5.41) is 10.3. The van der Waals surface area contributed by atoms with Gasteiger partial charge in [-0.2, -0.15) is 13.2 Å². The summed E-state index contributed by atoms with van der Waals surface area (Å²) in [6.07, 6.45) is -3.42. The first kappa shape index (κ1) is 21.5. The number of aromatic nitrogens is 1. The lowest BCUT2D eigenvalue weighted by atomic mass is 9.97. The smallest absolute Gasteiger partial charge is 0.384 e. The van der Waals surface area contributed by atoms with E-state index in [1.165, 1.54) is 12.1 Å². The minimum absolute atomic E-state index is 0.353. The monoisotopic (exact) mass is 407 g/mol. The Morgan fingerprint density at radius 3 is 2.59 bits per heavy atom. The minimum Gasteiger partial charge on any atom is -0.384 e. The fourth-order valence-electron chi connectivity index (χ4n) is 3.72. The van der Waals surface area contributed by atoms with Crippen molar-refractivity contribution < 1.29 is 13.2 Å². The van der Waals surface area contributed by atoms with E-state index in [0.717, 1.165) is 61.6 Å². The highest BCUT2D eigenvalue weighted by Gasteiger charge is 2.30. The van der Waals surface area contributed by atoms with Crippen LogP contribution < -0.4 is 21.7 Å². The largest absolute Gasteiger partial charge is 0.416 e. The van der Waals surface area contributed by atoms with E-state index < -0.39 is 11.7 Å². The van der Waals surface area contributed by atoms with Crippen LogP contribution in [0, 0.1) is 12.8 Å². The molecule has 0 amide bonds. The maximum Gasteiger partial charge on any atom is 0.416 e. The van der Waals surface area contributed by atoms with Gasteiger partial charge in [0.2, 0.25) is 0 Å². The maximum atomic E-state index is 12.6. The van der Waals surface area contributed by atoms with Crippen LogP contribution in [0.3, 0.4) is 0 Å². The Hall–Kier alpha value is -2.16. The second-order valence-electron chi connectivity index (χ2n) is 7.62. The SMILES string of the molecule is Cc1cc(N)nc(C[C@H]2CNC[C@H]2NCCNCc2ccc(C(F)(F)F)cc2)c1. The summed E-state index contributed by atoms with van der Waals surface area (Å²) in [7, 11) is 0. The molecule has 0 unspecified atom stereocenters. The summed E-state index contributed by atoms with van der Waals surface area (Å²) in [4.78, 5) is 4.44. The second-order valence-corrected chi connectivity index (χ2v) is 7.62. The molecule has 5 N–H and O–H groups in total. The molecule has 3 rings (SSSR count). The topological polar surface area (TPSA) is 75.0 Å². The fraction of sp³-hybridized carbons (Fsp3) is 0.476. The van der Waals surface area contributed by atoms with Crippen molar-refractivity contribution in [3.63, 3.8) is 0 Å². The highest BCUT2D eigenvalue weighted by molar-refractivity contribution is 5.34. The van der Waals surface area contributed by atoms with Crippen LogP contribution >= 0.6 is 0 Å². The van der Waals surface area contributed by atoms with Crippen molar-refractivity contribution in [1.82, 2.24) is 20.9 Å². The molecule has 1 aliphatic heterocycles. The number of nitrogens with one attached hydrogen (secondary N) is 3. The normalized spacial score (nSPS) is 19.6. The van der Waals surface area contributed by atoms with E-state index >= 15 is 0 Å². The van der Waals surface area contributed by atoms with Gasteiger partial charge in [0.05, 0.1) is 5.56 Å². The van der Waals surface area contributed by atoms with Crippen LogP contribution in [0.1, 0.15) is 22.4 Å². The van der Waals surface area contributed by atoms with Crippen LogP contribution in [0.4, 0.5) is 19.0 Å². The number of rotatable bonds is 8. The molecule has 5 nitrogen and oxygen atoms in total. The van der Waals surface area contributed by atoms with Gasteiger partial charge in [-0.15, -0.1) is 0 Å². The summed E-state index contributed by atoms with van der Waals surface area (Å²) in [6, 6.07) is 9.57. The number of anilines is 1. The zero-order valence-corrected chi connectivity index (χ0v) is 16.5. The number of alkyl halides is 3. The van der Waals surface area contributed by atoms with Gasteiger partial charge in [-0.1, -0.05) is 12.1 Å². The van der Waals surface area contributed by atoms with E-state index in [-0.39, 0.29) is 0 Å². The van der Waals surface area contributed by atoms with Gasteiger partial charge < -0.3 is 21.7 Å². The quantitative estimate of drug-likeness (QED) is 0.506. The first-order valence-corrected chi connectivity index (χ1v) is 9.85. The molecule has 29 heavy (non-hydrogen) atoms. The average Bonchev–Trinajstić information content (AvgIpc) is 3.07. The van der Waals surface area contributed by atoms with E-state index in [1.807, 2.05) is 13.0 Å². The van der Waals surface area contributed by atoms with Crippen molar-refractivity contribution in [1.29, 1.82) is 0 Å². The predicted molar refractivity (Wildman–Crippen MR) is 108 cm³/mol. The highest BCUT2D eigenvalue weighted by Crippen LogP contribution is 2.29. The number of nitrogens with two attached hydrogens (primary N) is 1. The minimum atomic E-state index is -4.29. The number of halogens is 3. The van der Waals surface area contributed by atoms with Gasteiger partial charge in [-0.3, -0.25) is 0 Å². The van der Waals surface area contributed by atoms with Crippen LogP contribution in [0.25, 0.3) is 0 Å². The zero-order chi connectivity index (χ0) is 20.9. The van der Waals surface area contributed by atoms with Crippen LogP contribution in [0.5, 0.6) is 0 Å². The van der Waals surface area contributed by atoms with Gasteiger partial charge in [0, 0.05) is 37.9 Å². The molecule has 1 aromatic carbocycles. The van der Waals surface area contributed by atoms with E-state index in [4.69, 9.17) is 5.73 Å². The lowest BCUT2D eigenvalue weighted by Gasteiger charge is -2.20. The summed E-state index contributed by atoms with van der Waals surface area (Å²) < 4.78 is 37.8. The number of nitrogen functional groups attached to an aromatic ring is 1. The van der Waals surface area contributed by atoms with Crippen LogP contribution in [-0.4, -0.2) is 37.2 Å². The van der Waals surface area contributed by atoms with Crippen LogP contribution in [0.15, 0.2) is 36.4 Å². The van der Waals surface area contributed by atoms with Crippen LogP contribution in [-0.2, 0) is 19.1 Å². The maximum absolute atomic E-state index is 12.6. The van der Waals surface area contributed by atoms with Gasteiger partial charge in [0.15, 0.2) is 0 Å². The first-order valence-electron chi connectivity index (χ1n) is 9.85. The van der Waals surface area contributed by atoms with Crippen LogP contribution in [0.2, 0.25) is 0 Å². The molecule has 8 heteroatoms. The highest BCUT2D eigenvalue weighted by atomic mass is 19.4. The molecule has 0 spiro atoms. The number of hydrogen-bond acceptors (Lipinski definition) is 5. The third kappa shape index (κ3) is 6.42. The molecule has 1 saturated heterocycles. The Bertz CT molecular complexity index is 772. The number of aryl methyl sites for hydroxylation is 1. The lowest BCUT2D eigenvalue weighted by Crippen LogP contribution is -2.40. The number of benzene rings is 1. The van der Waals surface area contributed by atoms with Crippen molar-refractivity contribution in [3.05, 3.63) is 58.8 Å². The lowest BCUT2D eigenvalue weighted by molar-refractivity contribution is -0.137. The molecule has 0 bridgehead atoms. The average molecular weight is 407 g/mol. The first-order chi connectivity index (χ1) is 13.8. The molecule has 2 atom stereocenters. The molecular formula is C21H28F3N5. The molecule has 0 saturated carbocycles. The van der Waals surface area contributed by atoms with Crippen molar-refractivity contribution in [2.75, 3.05) is 31.9 Å². The fourth-order valence-corrected chi connectivity index (χ4v) is 3.72. The molecule has 0 radical (unpaired) electrons. The molecular weight excluding hydrogens is 379 g/mol. The summed E-state index contributed by atoms with van der Waals surface area (Å²) in [5.74, 6) is 1.00. The summed E-state index contributed by atoms with van der Waals surface area (Å²) in [5.41, 5.74) is 8.21. The molecule has 0 aliphatic carbocycles. The molecule has 1 fully saturated rings. The van der Waals surface area contributed by atoms with Gasteiger partial charge in [-0.05, 0) is 61.2 Å². The van der Waals surface area contributed by atoms with Gasteiger partial charge in [0.1, 0.15) is 5.82 Å². The Balaban J connectivity index is 1.39. The van der Waals surface area contributed by atoms with Gasteiger partial charge in [-0.25, -0.2) is 4.98 Å². The molecule has 2 aromatic rings. The molecule has 1 aromatic heterocycles. The molecule has 2 heterocycles. The van der Waals surface area contributed by atoms with Gasteiger partial charge in [0.25, 0.3) is 0 Å². The van der Waals surface area contributed by atoms with E-state index in [0.29, 0.717) is 24.3 Å².